The van der Waals surface area contributed by atoms with Gasteiger partial charge in [-0.1, -0.05) is 31.0 Å². The Balaban J connectivity index is 2.66. The van der Waals surface area contributed by atoms with Crippen molar-refractivity contribution in [2.75, 3.05) is 31.6 Å². The predicted octanol–water partition coefficient (Wildman–Crippen LogP) is 3.03. The highest BCUT2D eigenvalue weighted by molar-refractivity contribution is 5.93. The van der Waals surface area contributed by atoms with Crippen molar-refractivity contribution in [1.29, 1.82) is 0 Å². The number of carbonyl (C=O) groups excluding carboxylic acids is 1. The molecule has 0 saturated carbocycles. The predicted molar refractivity (Wildman–Crippen MR) is 92.3 cm³/mol. The van der Waals surface area contributed by atoms with Gasteiger partial charge in [0.25, 0.3) is 0 Å². The van der Waals surface area contributed by atoms with Crippen molar-refractivity contribution < 1.29 is 9.90 Å². The minimum absolute atomic E-state index is 0.0177. The molecule has 1 aromatic carbocycles. The van der Waals surface area contributed by atoms with Crippen molar-refractivity contribution in [3.63, 3.8) is 0 Å². The molecule has 0 unspecified atom stereocenters. The van der Waals surface area contributed by atoms with E-state index in [9.17, 15) is 4.79 Å². The van der Waals surface area contributed by atoms with Crippen LogP contribution < -0.4 is 5.32 Å². The normalized spacial score (nSPS) is 11.0. The summed E-state index contributed by atoms with van der Waals surface area (Å²) in [6, 6.07) is 4.17. The summed E-state index contributed by atoms with van der Waals surface area (Å²) in [6.45, 7) is 10.5. The van der Waals surface area contributed by atoms with Gasteiger partial charge in [0, 0.05) is 18.8 Å². The van der Waals surface area contributed by atoms with Gasteiger partial charge in [-0.2, -0.15) is 0 Å². The molecule has 22 heavy (non-hydrogen) atoms. The third kappa shape index (κ3) is 6.16. The van der Waals surface area contributed by atoms with Gasteiger partial charge in [0.05, 0.1) is 6.54 Å². The molecule has 4 heteroatoms. The van der Waals surface area contributed by atoms with Gasteiger partial charge < -0.3 is 10.4 Å². The van der Waals surface area contributed by atoms with Gasteiger partial charge in [0.1, 0.15) is 0 Å². The molecule has 0 saturated heterocycles. The first-order valence-electron chi connectivity index (χ1n) is 8.18. The Labute approximate surface area is 134 Å². The molecule has 0 spiro atoms. The standard InChI is InChI=1S/C18H30N2O2/c1-5-6-8-20(9-7-10-21)13-17(22)19-18-15(3)11-14(2)12-16(18)4/h11-12,21H,5-10,13H2,1-4H3,(H,19,22). The molecular formula is C18H30N2O2. The van der Waals surface area contributed by atoms with Gasteiger partial charge in [-0.05, 0) is 51.3 Å². The van der Waals surface area contributed by atoms with Crippen molar-refractivity contribution in [1.82, 2.24) is 4.90 Å². The van der Waals surface area contributed by atoms with E-state index in [0.29, 0.717) is 13.0 Å². The first-order chi connectivity index (χ1) is 10.5. The van der Waals surface area contributed by atoms with Crippen LogP contribution in [-0.4, -0.2) is 42.2 Å². The van der Waals surface area contributed by atoms with Gasteiger partial charge in [-0.15, -0.1) is 0 Å². The van der Waals surface area contributed by atoms with Crippen LogP contribution in [0.1, 0.15) is 42.9 Å². The fourth-order valence-corrected chi connectivity index (χ4v) is 2.71. The number of anilines is 1. The van der Waals surface area contributed by atoms with Gasteiger partial charge >= 0.3 is 0 Å². The number of aryl methyl sites for hydroxylation is 3. The highest BCUT2D eigenvalue weighted by Gasteiger charge is 2.12. The number of carbonyl (C=O) groups is 1. The Morgan fingerprint density at radius 2 is 1.73 bits per heavy atom. The topological polar surface area (TPSA) is 52.6 Å². The monoisotopic (exact) mass is 306 g/mol. The van der Waals surface area contributed by atoms with Crippen LogP contribution in [0.2, 0.25) is 0 Å². The van der Waals surface area contributed by atoms with E-state index in [-0.39, 0.29) is 12.5 Å². The SMILES string of the molecule is CCCCN(CCCO)CC(=O)Nc1c(C)cc(C)cc1C. The van der Waals surface area contributed by atoms with E-state index >= 15 is 0 Å². The van der Waals surface area contributed by atoms with Crippen LogP contribution in [0.25, 0.3) is 0 Å². The van der Waals surface area contributed by atoms with Crippen molar-refractivity contribution in [3.05, 3.63) is 28.8 Å². The molecule has 0 aliphatic rings. The van der Waals surface area contributed by atoms with Crippen LogP contribution in [0, 0.1) is 20.8 Å². The Morgan fingerprint density at radius 3 is 2.27 bits per heavy atom. The lowest BCUT2D eigenvalue weighted by molar-refractivity contribution is -0.117. The highest BCUT2D eigenvalue weighted by Crippen LogP contribution is 2.21. The van der Waals surface area contributed by atoms with E-state index < -0.39 is 0 Å². The Morgan fingerprint density at radius 1 is 1.14 bits per heavy atom. The molecule has 0 aliphatic carbocycles. The molecule has 1 aromatic rings. The zero-order valence-electron chi connectivity index (χ0n) is 14.4. The average Bonchev–Trinajstić information content (AvgIpc) is 2.45. The average molecular weight is 306 g/mol. The molecule has 0 heterocycles. The number of amides is 1. The van der Waals surface area contributed by atoms with E-state index in [1.165, 1.54) is 5.56 Å². The number of unbranched alkanes of at least 4 members (excludes halogenated alkanes) is 1. The van der Waals surface area contributed by atoms with Crippen molar-refractivity contribution in [2.45, 2.75) is 47.0 Å². The van der Waals surface area contributed by atoms with Crippen molar-refractivity contribution in [2.24, 2.45) is 0 Å². The Kier molecular flexibility index (Phi) is 8.13. The lowest BCUT2D eigenvalue weighted by atomic mass is 10.1. The van der Waals surface area contributed by atoms with E-state index in [1.807, 2.05) is 13.8 Å². The molecule has 0 aromatic heterocycles. The van der Waals surface area contributed by atoms with Crippen LogP contribution in [0.15, 0.2) is 12.1 Å². The number of rotatable bonds is 9. The van der Waals surface area contributed by atoms with Crippen molar-refractivity contribution >= 4 is 11.6 Å². The Hall–Kier alpha value is -1.39. The maximum absolute atomic E-state index is 12.3. The van der Waals surface area contributed by atoms with Crippen LogP contribution in [0.4, 0.5) is 5.69 Å². The van der Waals surface area contributed by atoms with Gasteiger partial charge in [-0.3, -0.25) is 9.69 Å². The summed E-state index contributed by atoms with van der Waals surface area (Å²) in [5, 5.41) is 12.0. The van der Waals surface area contributed by atoms with E-state index in [2.05, 4.69) is 36.2 Å². The molecular weight excluding hydrogens is 276 g/mol. The molecule has 1 rings (SSSR count). The first-order valence-corrected chi connectivity index (χ1v) is 8.18. The summed E-state index contributed by atoms with van der Waals surface area (Å²) < 4.78 is 0. The number of aliphatic hydroxyl groups is 1. The molecule has 4 nitrogen and oxygen atoms in total. The number of benzene rings is 1. The molecule has 2 N–H and O–H groups in total. The lowest BCUT2D eigenvalue weighted by Gasteiger charge is -2.22. The second kappa shape index (κ2) is 9.59. The second-order valence-corrected chi connectivity index (χ2v) is 6.03. The molecule has 0 fully saturated rings. The molecule has 1 amide bonds. The molecule has 0 atom stereocenters. The first kappa shape index (κ1) is 18.7. The van der Waals surface area contributed by atoms with Gasteiger partial charge in [0.2, 0.25) is 5.91 Å². The fraction of sp³-hybridized carbons (Fsp3) is 0.611. The quantitative estimate of drug-likeness (QED) is 0.737. The molecule has 124 valence electrons. The number of aliphatic hydroxyl groups excluding tert-OH is 1. The summed E-state index contributed by atoms with van der Waals surface area (Å²) >= 11 is 0. The number of hydrogen-bond donors (Lipinski definition) is 2. The van der Waals surface area contributed by atoms with Crippen LogP contribution >= 0.6 is 0 Å². The summed E-state index contributed by atoms with van der Waals surface area (Å²) in [5.41, 5.74) is 4.33. The fourth-order valence-electron chi connectivity index (χ4n) is 2.71. The van der Waals surface area contributed by atoms with E-state index in [4.69, 9.17) is 5.11 Å². The number of nitrogens with zero attached hydrogens (tertiary/aromatic N) is 1. The molecule has 0 bridgehead atoms. The maximum Gasteiger partial charge on any atom is 0.238 e. The van der Waals surface area contributed by atoms with E-state index in [0.717, 1.165) is 42.7 Å². The largest absolute Gasteiger partial charge is 0.396 e. The van der Waals surface area contributed by atoms with Gasteiger partial charge in [0.15, 0.2) is 0 Å². The third-order valence-electron chi connectivity index (χ3n) is 3.77. The summed E-state index contributed by atoms with van der Waals surface area (Å²) in [6.07, 6.45) is 2.88. The summed E-state index contributed by atoms with van der Waals surface area (Å²) in [7, 11) is 0. The Bertz CT molecular complexity index is 455. The highest BCUT2D eigenvalue weighted by atomic mass is 16.3. The van der Waals surface area contributed by atoms with Gasteiger partial charge in [-0.25, -0.2) is 0 Å². The number of hydrogen-bond acceptors (Lipinski definition) is 3. The van der Waals surface area contributed by atoms with Crippen LogP contribution in [0.5, 0.6) is 0 Å². The van der Waals surface area contributed by atoms with E-state index in [1.54, 1.807) is 0 Å². The molecule has 0 radical (unpaired) electrons. The third-order valence-corrected chi connectivity index (χ3v) is 3.77. The number of nitrogens with one attached hydrogen (secondary N) is 1. The lowest BCUT2D eigenvalue weighted by Crippen LogP contribution is -2.35. The molecule has 0 aliphatic heterocycles. The maximum atomic E-state index is 12.3. The minimum Gasteiger partial charge on any atom is -0.396 e. The van der Waals surface area contributed by atoms with Crippen LogP contribution in [0.3, 0.4) is 0 Å². The summed E-state index contributed by atoms with van der Waals surface area (Å²) in [4.78, 5) is 14.4. The van der Waals surface area contributed by atoms with Crippen LogP contribution in [-0.2, 0) is 4.79 Å². The zero-order valence-corrected chi connectivity index (χ0v) is 14.4. The minimum atomic E-state index is 0.0177. The summed E-state index contributed by atoms with van der Waals surface area (Å²) in [5.74, 6) is 0.0177. The zero-order chi connectivity index (χ0) is 16.5. The smallest absolute Gasteiger partial charge is 0.238 e. The van der Waals surface area contributed by atoms with Crippen molar-refractivity contribution in [3.8, 4) is 0 Å². The second-order valence-electron chi connectivity index (χ2n) is 6.03.